The molecular weight excluding hydrogens is 273 g/mol. The van der Waals surface area contributed by atoms with Crippen molar-refractivity contribution in [1.29, 1.82) is 0 Å². The van der Waals surface area contributed by atoms with E-state index in [-0.39, 0.29) is 11.2 Å². The lowest BCUT2D eigenvalue weighted by Crippen LogP contribution is -2.41. The summed E-state index contributed by atoms with van der Waals surface area (Å²) in [7, 11) is 1.09. The Morgan fingerprint density at radius 1 is 1.38 bits per heavy atom. The van der Waals surface area contributed by atoms with Gasteiger partial charge in [0.25, 0.3) is 0 Å². The molecule has 0 saturated carbocycles. The molecule has 1 saturated heterocycles. The molecule has 1 amide bonds. The Labute approximate surface area is 125 Å². The minimum Gasteiger partial charge on any atom is -0.465 e. The predicted octanol–water partition coefficient (Wildman–Crippen LogP) is 0.792. The molecule has 1 N–H and O–H groups in total. The number of nitrogens with zero attached hydrogens (tertiary/aromatic N) is 3. The van der Waals surface area contributed by atoms with Crippen LogP contribution in [0.4, 0.5) is 4.79 Å². The van der Waals surface area contributed by atoms with E-state index in [1.165, 1.54) is 11.9 Å². The van der Waals surface area contributed by atoms with Crippen molar-refractivity contribution in [1.82, 2.24) is 14.7 Å². The Kier molecular flexibility index (Phi) is 4.03. The zero-order valence-electron chi connectivity index (χ0n) is 13.2. The molecule has 0 unspecified atom stereocenters. The molecule has 0 radical (unpaired) electrons. The van der Waals surface area contributed by atoms with Crippen LogP contribution in [0.3, 0.4) is 0 Å². The first-order valence-electron chi connectivity index (χ1n) is 6.94. The SMILES string of the molecule is CN(CCn1cc(B2OC(C)(C)C(C)(C)O2)cn1)C(=O)O. The van der Waals surface area contributed by atoms with Gasteiger partial charge in [0.2, 0.25) is 0 Å². The van der Waals surface area contributed by atoms with Crippen LogP contribution in [-0.4, -0.2) is 57.8 Å². The van der Waals surface area contributed by atoms with Gasteiger partial charge in [-0.2, -0.15) is 5.10 Å². The molecule has 1 fully saturated rings. The first kappa shape index (κ1) is 15.8. The number of likely N-dealkylation sites (N-methyl/N-ethyl adjacent to an activating group) is 1. The highest BCUT2D eigenvalue weighted by Gasteiger charge is 2.52. The van der Waals surface area contributed by atoms with Gasteiger partial charge in [0.15, 0.2) is 0 Å². The standard InChI is InChI=1S/C13H22BN3O4/c1-12(2)13(3,4)21-14(20-12)10-8-15-17(9-10)7-6-16(5)11(18)19/h8-9H,6-7H2,1-5H3,(H,18,19). The molecule has 1 aliphatic rings. The van der Waals surface area contributed by atoms with Crippen LogP contribution in [0.15, 0.2) is 12.4 Å². The van der Waals surface area contributed by atoms with E-state index < -0.39 is 13.2 Å². The van der Waals surface area contributed by atoms with Crippen LogP contribution in [-0.2, 0) is 15.9 Å². The van der Waals surface area contributed by atoms with E-state index in [2.05, 4.69) is 5.10 Å². The van der Waals surface area contributed by atoms with Crippen LogP contribution >= 0.6 is 0 Å². The minimum atomic E-state index is -0.951. The van der Waals surface area contributed by atoms with Crippen molar-refractivity contribution in [2.75, 3.05) is 13.6 Å². The Bertz CT molecular complexity index is 513. The van der Waals surface area contributed by atoms with Crippen LogP contribution in [0.1, 0.15) is 27.7 Å². The fourth-order valence-corrected chi connectivity index (χ4v) is 1.95. The number of amides is 1. The zero-order chi connectivity index (χ0) is 15.8. The maximum Gasteiger partial charge on any atom is 0.498 e. The molecule has 2 rings (SSSR count). The largest absolute Gasteiger partial charge is 0.498 e. The minimum absolute atomic E-state index is 0.375. The van der Waals surface area contributed by atoms with Crippen LogP contribution in [0.5, 0.6) is 0 Å². The number of carbonyl (C=O) groups is 1. The van der Waals surface area contributed by atoms with Gasteiger partial charge >= 0.3 is 13.2 Å². The molecule has 1 aliphatic heterocycles. The topological polar surface area (TPSA) is 76.8 Å². The van der Waals surface area contributed by atoms with Gasteiger partial charge in [-0.3, -0.25) is 4.68 Å². The van der Waals surface area contributed by atoms with Gasteiger partial charge in [-0.25, -0.2) is 4.79 Å². The summed E-state index contributed by atoms with van der Waals surface area (Å²) < 4.78 is 13.6. The predicted molar refractivity (Wildman–Crippen MR) is 78.6 cm³/mol. The highest BCUT2D eigenvalue weighted by atomic mass is 16.7. The summed E-state index contributed by atoms with van der Waals surface area (Å²) in [4.78, 5) is 12.0. The second-order valence-electron chi connectivity index (χ2n) is 6.33. The van der Waals surface area contributed by atoms with Gasteiger partial charge in [0.05, 0.1) is 17.7 Å². The van der Waals surface area contributed by atoms with Crippen molar-refractivity contribution in [2.24, 2.45) is 0 Å². The van der Waals surface area contributed by atoms with Crippen molar-refractivity contribution >= 4 is 18.7 Å². The van der Waals surface area contributed by atoms with Crippen molar-refractivity contribution in [3.05, 3.63) is 12.4 Å². The Hall–Kier alpha value is -1.54. The second kappa shape index (κ2) is 5.34. The molecular formula is C13H22BN3O4. The van der Waals surface area contributed by atoms with Crippen molar-refractivity contribution in [3.63, 3.8) is 0 Å². The van der Waals surface area contributed by atoms with Gasteiger partial charge in [-0.1, -0.05) is 0 Å². The molecule has 2 heterocycles. The monoisotopic (exact) mass is 295 g/mol. The summed E-state index contributed by atoms with van der Waals surface area (Å²) in [5.41, 5.74) is 0.0682. The summed E-state index contributed by atoms with van der Waals surface area (Å²) in [6.07, 6.45) is 2.58. The van der Waals surface area contributed by atoms with Crippen LogP contribution in [0.2, 0.25) is 0 Å². The van der Waals surface area contributed by atoms with Crippen molar-refractivity contribution in [2.45, 2.75) is 45.4 Å². The van der Waals surface area contributed by atoms with E-state index in [0.29, 0.717) is 13.1 Å². The number of rotatable bonds is 4. The van der Waals surface area contributed by atoms with E-state index in [4.69, 9.17) is 14.4 Å². The molecule has 0 bridgehead atoms. The molecule has 21 heavy (non-hydrogen) atoms. The van der Waals surface area contributed by atoms with E-state index >= 15 is 0 Å². The summed E-state index contributed by atoms with van der Waals surface area (Å²) >= 11 is 0. The van der Waals surface area contributed by atoms with Crippen LogP contribution < -0.4 is 5.46 Å². The first-order chi connectivity index (χ1) is 9.62. The molecule has 0 atom stereocenters. The average Bonchev–Trinajstić information content (AvgIpc) is 2.89. The van der Waals surface area contributed by atoms with Gasteiger partial charge in [0.1, 0.15) is 0 Å². The average molecular weight is 295 g/mol. The zero-order valence-corrected chi connectivity index (χ0v) is 13.2. The summed E-state index contributed by atoms with van der Waals surface area (Å²) in [5, 5.41) is 13.0. The second-order valence-corrected chi connectivity index (χ2v) is 6.33. The van der Waals surface area contributed by atoms with Gasteiger partial charge in [-0.05, 0) is 27.7 Å². The molecule has 0 aliphatic carbocycles. The molecule has 1 aromatic rings. The summed E-state index contributed by atoms with van der Waals surface area (Å²) in [6, 6.07) is 0. The lowest BCUT2D eigenvalue weighted by molar-refractivity contribution is 0.00578. The smallest absolute Gasteiger partial charge is 0.465 e. The maximum atomic E-state index is 10.7. The molecule has 1 aromatic heterocycles. The lowest BCUT2D eigenvalue weighted by Gasteiger charge is -2.32. The molecule has 7 nitrogen and oxygen atoms in total. The fourth-order valence-electron chi connectivity index (χ4n) is 1.95. The maximum absolute atomic E-state index is 10.7. The third-order valence-corrected chi connectivity index (χ3v) is 4.17. The molecule has 0 spiro atoms. The highest BCUT2D eigenvalue weighted by Crippen LogP contribution is 2.36. The van der Waals surface area contributed by atoms with E-state index in [1.807, 2.05) is 33.9 Å². The van der Waals surface area contributed by atoms with Gasteiger partial charge in [-0.15, -0.1) is 0 Å². The Balaban J connectivity index is 2.00. The third-order valence-electron chi connectivity index (χ3n) is 4.17. The lowest BCUT2D eigenvalue weighted by atomic mass is 9.82. The molecule has 0 aromatic carbocycles. The first-order valence-corrected chi connectivity index (χ1v) is 6.94. The van der Waals surface area contributed by atoms with Crippen molar-refractivity contribution < 1.29 is 19.2 Å². The number of carboxylic acid groups (broad SMARTS) is 1. The van der Waals surface area contributed by atoms with E-state index in [9.17, 15) is 4.79 Å². The summed E-state index contributed by atoms with van der Waals surface area (Å²) in [6.45, 7) is 8.86. The van der Waals surface area contributed by atoms with Crippen LogP contribution in [0, 0.1) is 0 Å². The molecule has 116 valence electrons. The Morgan fingerprint density at radius 3 is 2.48 bits per heavy atom. The number of aromatic nitrogens is 2. The molecule has 8 heteroatoms. The highest BCUT2D eigenvalue weighted by molar-refractivity contribution is 6.61. The normalized spacial score (nSPS) is 19.8. The number of hydrogen-bond acceptors (Lipinski definition) is 4. The Morgan fingerprint density at radius 2 is 1.95 bits per heavy atom. The van der Waals surface area contributed by atoms with E-state index in [1.54, 1.807) is 10.9 Å². The fraction of sp³-hybridized carbons (Fsp3) is 0.692. The van der Waals surface area contributed by atoms with Gasteiger partial charge in [0, 0.05) is 31.4 Å². The summed E-state index contributed by atoms with van der Waals surface area (Å²) in [5.74, 6) is 0. The number of hydrogen-bond donors (Lipinski definition) is 1. The quantitative estimate of drug-likeness (QED) is 0.831. The van der Waals surface area contributed by atoms with E-state index in [0.717, 1.165) is 5.46 Å². The van der Waals surface area contributed by atoms with Crippen molar-refractivity contribution in [3.8, 4) is 0 Å². The van der Waals surface area contributed by atoms with Crippen LogP contribution in [0.25, 0.3) is 0 Å². The third kappa shape index (κ3) is 3.21. The van der Waals surface area contributed by atoms with Gasteiger partial charge < -0.3 is 19.3 Å².